The summed E-state index contributed by atoms with van der Waals surface area (Å²) in [6.45, 7) is 0.230. The molecule has 6 heteroatoms. The van der Waals surface area contributed by atoms with Gasteiger partial charge in [-0.1, -0.05) is 6.07 Å². The van der Waals surface area contributed by atoms with Gasteiger partial charge in [-0.3, -0.25) is 4.79 Å². The topological polar surface area (TPSA) is 75.4 Å². The Morgan fingerprint density at radius 3 is 2.67 bits per heavy atom. The van der Waals surface area contributed by atoms with Crippen molar-refractivity contribution in [2.75, 3.05) is 13.2 Å². The number of hydrogen-bond acceptors (Lipinski definition) is 3. The zero-order valence-corrected chi connectivity index (χ0v) is 10.0. The number of halogens is 2. The lowest BCUT2D eigenvalue weighted by Gasteiger charge is -2.15. The predicted octanol–water partition coefficient (Wildman–Crippen LogP) is 0.811. The molecule has 0 aliphatic rings. The Hall–Kier alpha value is -1.53. The summed E-state index contributed by atoms with van der Waals surface area (Å²) in [7, 11) is 0. The van der Waals surface area contributed by atoms with Crippen molar-refractivity contribution in [2.45, 2.75) is 19.4 Å². The average molecular weight is 258 g/mol. The third-order valence-electron chi connectivity index (χ3n) is 2.56. The number of amides is 1. The molecule has 1 aromatic carbocycles. The fraction of sp³-hybridized carbons (Fsp3) is 0.417. The van der Waals surface area contributed by atoms with E-state index in [1.165, 1.54) is 0 Å². The highest BCUT2D eigenvalue weighted by atomic mass is 19.3. The second kappa shape index (κ2) is 5.88. The molecule has 0 spiro atoms. The Balaban J connectivity index is 2.61. The van der Waals surface area contributed by atoms with Gasteiger partial charge in [0.15, 0.2) is 0 Å². The summed E-state index contributed by atoms with van der Waals surface area (Å²) in [4.78, 5) is 10.9. The number of benzene rings is 1. The third-order valence-corrected chi connectivity index (χ3v) is 2.56. The van der Waals surface area contributed by atoms with Crippen molar-refractivity contribution in [1.29, 1.82) is 0 Å². The van der Waals surface area contributed by atoms with Gasteiger partial charge < -0.3 is 16.2 Å². The van der Waals surface area contributed by atoms with Gasteiger partial charge in [0.1, 0.15) is 6.61 Å². The maximum atomic E-state index is 12.8. The molecule has 0 unspecified atom stereocenters. The first-order valence-corrected chi connectivity index (χ1v) is 5.44. The number of aliphatic hydroxyl groups excluding tert-OH is 1. The lowest BCUT2D eigenvalue weighted by Crippen LogP contribution is -2.35. The van der Waals surface area contributed by atoms with Crippen LogP contribution in [-0.2, 0) is 6.54 Å². The molecular weight excluding hydrogens is 242 g/mol. The molecule has 1 aromatic rings. The van der Waals surface area contributed by atoms with E-state index in [-0.39, 0.29) is 6.54 Å². The van der Waals surface area contributed by atoms with Crippen LogP contribution in [0.1, 0.15) is 21.5 Å². The molecule has 0 bridgehead atoms. The predicted molar refractivity (Wildman–Crippen MR) is 63.4 cm³/mol. The summed E-state index contributed by atoms with van der Waals surface area (Å²) in [5, 5.41) is 11.0. The molecule has 0 aliphatic heterocycles. The first kappa shape index (κ1) is 14.5. The van der Waals surface area contributed by atoms with E-state index in [9.17, 15) is 13.6 Å². The maximum absolute atomic E-state index is 12.8. The smallest absolute Gasteiger partial charge is 0.282 e. The zero-order valence-electron chi connectivity index (χ0n) is 10.0. The van der Waals surface area contributed by atoms with Gasteiger partial charge in [-0.15, -0.1) is 0 Å². The van der Waals surface area contributed by atoms with E-state index >= 15 is 0 Å². The Morgan fingerprint density at radius 2 is 2.17 bits per heavy atom. The molecular formula is C12H16F2N2O2. The molecule has 0 saturated heterocycles. The summed E-state index contributed by atoms with van der Waals surface area (Å²) >= 11 is 0. The van der Waals surface area contributed by atoms with E-state index in [0.717, 1.165) is 11.1 Å². The monoisotopic (exact) mass is 258 g/mol. The minimum atomic E-state index is -3.12. The molecule has 0 saturated carbocycles. The van der Waals surface area contributed by atoms with Gasteiger partial charge in [-0.25, -0.2) is 8.78 Å². The van der Waals surface area contributed by atoms with Gasteiger partial charge in [0.2, 0.25) is 5.91 Å². The molecule has 0 heterocycles. The zero-order chi connectivity index (χ0) is 13.8. The van der Waals surface area contributed by atoms with Crippen molar-refractivity contribution < 1.29 is 18.7 Å². The largest absolute Gasteiger partial charge is 0.390 e. The SMILES string of the molecule is Cc1cc(C(N)=O)ccc1CNCC(F)(F)CO. The van der Waals surface area contributed by atoms with E-state index in [0.29, 0.717) is 5.56 Å². The van der Waals surface area contributed by atoms with Crippen LogP contribution in [0.2, 0.25) is 0 Å². The first-order chi connectivity index (χ1) is 8.35. The molecule has 0 radical (unpaired) electrons. The number of carbonyl (C=O) groups excluding carboxylic acids is 1. The molecule has 4 nitrogen and oxygen atoms in total. The number of rotatable bonds is 6. The maximum Gasteiger partial charge on any atom is 0.282 e. The number of carbonyl (C=O) groups is 1. The average Bonchev–Trinajstić information content (AvgIpc) is 2.31. The summed E-state index contributed by atoms with van der Waals surface area (Å²) in [6, 6.07) is 4.83. The lowest BCUT2D eigenvalue weighted by atomic mass is 10.0. The normalized spacial score (nSPS) is 11.6. The minimum Gasteiger partial charge on any atom is -0.390 e. The van der Waals surface area contributed by atoms with E-state index < -0.39 is 25.0 Å². The molecule has 0 fully saturated rings. The van der Waals surface area contributed by atoms with Crippen molar-refractivity contribution in [1.82, 2.24) is 5.32 Å². The molecule has 0 aromatic heterocycles. The van der Waals surface area contributed by atoms with Crippen molar-refractivity contribution in [3.63, 3.8) is 0 Å². The quantitative estimate of drug-likeness (QED) is 0.707. The van der Waals surface area contributed by atoms with Crippen LogP contribution in [0.25, 0.3) is 0 Å². The van der Waals surface area contributed by atoms with Gasteiger partial charge in [-0.2, -0.15) is 0 Å². The van der Waals surface area contributed by atoms with E-state index in [1.807, 2.05) is 0 Å². The fourth-order valence-electron chi connectivity index (χ4n) is 1.48. The standard InChI is InChI=1S/C12H16F2N2O2/c1-8-4-9(11(15)18)2-3-10(8)5-16-6-12(13,14)7-17/h2-4,16-17H,5-7H2,1H3,(H2,15,18). The second-order valence-electron chi connectivity index (χ2n) is 4.12. The highest BCUT2D eigenvalue weighted by molar-refractivity contribution is 5.93. The molecule has 0 atom stereocenters. The first-order valence-electron chi connectivity index (χ1n) is 5.44. The fourth-order valence-corrected chi connectivity index (χ4v) is 1.48. The van der Waals surface area contributed by atoms with Crippen molar-refractivity contribution in [3.8, 4) is 0 Å². The number of nitrogens with two attached hydrogens (primary N) is 1. The highest BCUT2D eigenvalue weighted by Crippen LogP contribution is 2.13. The van der Waals surface area contributed by atoms with E-state index in [1.54, 1.807) is 25.1 Å². The Labute approximate surface area is 104 Å². The van der Waals surface area contributed by atoms with Crippen molar-refractivity contribution >= 4 is 5.91 Å². The molecule has 4 N–H and O–H groups in total. The van der Waals surface area contributed by atoms with Gasteiger partial charge in [0.25, 0.3) is 5.92 Å². The molecule has 18 heavy (non-hydrogen) atoms. The lowest BCUT2D eigenvalue weighted by molar-refractivity contribution is -0.0477. The van der Waals surface area contributed by atoms with Crippen LogP contribution < -0.4 is 11.1 Å². The van der Waals surface area contributed by atoms with E-state index in [4.69, 9.17) is 10.8 Å². The molecule has 1 amide bonds. The number of aryl methyl sites for hydroxylation is 1. The summed E-state index contributed by atoms with van der Waals surface area (Å²) in [5.74, 6) is -3.65. The van der Waals surface area contributed by atoms with Gasteiger partial charge in [-0.05, 0) is 30.2 Å². The number of alkyl halides is 2. The van der Waals surface area contributed by atoms with E-state index in [2.05, 4.69) is 5.32 Å². The summed E-state index contributed by atoms with van der Waals surface area (Å²) in [6.07, 6.45) is 0. The minimum absolute atomic E-state index is 0.237. The number of aliphatic hydroxyl groups is 1. The summed E-state index contributed by atoms with van der Waals surface area (Å²) in [5.41, 5.74) is 7.11. The van der Waals surface area contributed by atoms with Gasteiger partial charge in [0, 0.05) is 12.1 Å². The molecule has 1 rings (SSSR count). The van der Waals surface area contributed by atoms with Crippen LogP contribution >= 0.6 is 0 Å². The van der Waals surface area contributed by atoms with Crippen molar-refractivity contribution in [3.05, 3.63) is 34.9 Å². The van der Waals surface area contributed by atoms with Crippen LogP contribution in [0.4, 0.5) is 8.78 Å². The highest BCUT2D eigenvalue weighted by Gasteiger charge is 2.26. The Bertz CT molecular complexity index is 436. The van der Waals surface area contributed by atoms with Crippen LogP contribution in [0.3, 0.4) is 0 Å². The van der Waals surface area contributed by atoms with Gasteiger partial charge >= 0.3 is 0 Å². The summed E-state index contributed by atoms with van der Waals surface area (Å²) < 4.78 is 25.5. The van der Waals surface area contributed by atoms with Crippen molar-refractivity contribution in [2.24, 2.45) is 5.73 Å². The number of nitrogens with one attached hydrogen (secondary N) is 1. The van der Waals surface area contributed by atoms with Crippen LogP contribution in [-0.4, -0.2) is 30.1 Å². The van der Waals surface area contributed by atoms with Crippen LogP contribution in [0, 0.1) is 6.92 Å². The molecule has 0 aliphatic carbocycles. The van der Waals surface area contributed by atoms with Crippen LogP contribution in [0.5, 0.6) is 0 Å². The second-order valence-corrected chi connectivity index (χ2v) is 4.12. The third kappa shape index (κ3) is 4.05. The van der Waals surface area contributed by atoms with Crippen LogP contribution in [0.15, 0.2) is 18.2 Å². The van der Waals surface area contributed by atoms with Gasteiger partial charge in [0.05, 0.1) is 6.54 Å². The Kier molecular flexibility index (Phi) is 4.75. The number of hydrogen-bond donors (Lipinski definition) is 3. The molecule has 100 valence electrons. The number of primary amides is 1. The Morgan fingerprint density at radius 1 is 1.50 bits per heavy atom.